The molecule has 94 valence electrons. The van der Waals surface area contributed by atoms with Crippen molar-refractivity contribution in [3.8, 4) is 5.75 Å². The maximum absolute atomic E-state index is 11.0. The summed E-state index contributed by atoms with van der Waals surface area (Å²) in [6.07, 6.45) is 0. The number of hydrogen-bond donors (Lipinski definition) is 2. The van der Waals surface area contributed by atoms with E-state index in [1.165, 1.54) is 0 Å². The zero-order valence-corrected chi connectivity index (χ0v) is 10.5. The maximum Gasteiger partial charge on any atom is 0.310 e. The highest BCUT2D eigenvalue weighted by Gasteiger charge is 2.26. The molecule has 0 aliphatic rings. The molecule has 0 amide bonds. The second-order valence-electron chi connectivity index (χ2n) is 4.47. The molecule has 17 heavy (non-hydrogen) atoms. The number of nitrogens with one attached hydrogen (secondary N) is 1. The fourth-order valence-corrected chi connectivity index (χ4v) is 1.29. The summed E-state index contributed by atoms with van der Waals surface area (Å²) >= 11 is 0. The van der Waals surface area contributed by atoms with Gasteiger partial charge in [-0.2, -0.15) is 0 Å². The van der Waals surface area contributed by atoms with Crippen molar-refractivity contribution in [2.24, 2.45) is 5.41 Å². The summed E-state index contributed by atoms with van der Waals surface area (Å²) in [5.41, 5.74) is 0.0166. The number of rotatable bonds is 6. The van der Waals surface area contributed by atoms with Gasteiger partial charge in [0.2, 0.25) is 0 Å². The number of benzene rings is 1. The smallest absolute Gasteiger partial charge is 0.310 e. The fourth-order valence-electron chi connectivity index (χ4n) is 1.29. The monoisotopic (exact) mass is 237 g/mol. The van der Waals surface area contributed by atoms with Crippen molar-refractivity contribution in [2.75, 3.05) is 18.5 Å². The number of ether oxygens (including phenoxy) is 1. The van der Waals surface area contributed by atoms with Crippen molar-refractivity contribution in [1.29, 1.82) is 0 Å². The van der Waals surface area contributed by atoms with Crippen molar-refractivity contribution in [3.63, 3.8) is 0 Å². The Balaban J connectivity index is 2.72. The van der Waals surface area contributed by atoms with Gasteiger partial charge in [-0.3, -0.25) is 4.79 Å². The Morgan fingerprint density at radius 1 is 1.41 bits per heavy atom. The zero-order valence-electron chi connectivity index (χ0n) is 10.5. The van der Waals surface area contributed by atoms with Crippen LogP contribution in [0, 0.1) is 5.41 Å². The molecule has 0 unspecified atom stereocenters. The lowest BCUT2D eigenvalue weighted by molar-refractivity contribution is -0.146. The van der Waals surface area contributed by atoms with Crippen LogP contribution in [0.25, 0.3) is 0 Å². The molecule has 2 N–H and O–H groups in total. The topological polar surface area (TPSA) is 58.6 Å². The molecule has 4 heteroatoms. The number of anilines is 1. The molecule has 0 bridgehead atoms. The number of para-hydroxylation sites is 2. The van der Waals surface area contributed by atoms with E-state index in [2.05, 4.69) is 5.32 Å². The lowest BCUT2D eigenvalue weighted by Gasteiger charge is -2.21. The maximum atomic E-state index is 11.0. The van der Waals surface area contributed by atoms with E-state index in [1.807, 2.05) is 31.2 Å². The lowest BCUT2D eigenvalue weighted by Crippen LogP contribution is -2.31. The summed E-state index contributed by atoms with van der Waals surface area (Å²) in [6, 6.07) is 7.51. The van der Waals surface area contributed by atoms with Crippen LogP contribution in [0.5, 0.6) is 5.75 Å². The van der Waals surface area contributed by atoms with Crippen molar-refractivity contribution in [1.82, 2.24) is 0 Å². The first kappa shape index (κ1) is 13.4. The van der Waals surface area contributed by atoms with E-state index in [0.717, 1.165) is 11.4 Å². The lowest BCUT2D eigenvalue weighted by atomic mass is 9.94. The molecular formula is C13H19NO3. The Hall–Kier alpha value is -1.71. The molecule has 4 nitrogen and oxygen atoms in total. The molecule has 0 aliphatic heterocycles. The fraction of sp³-hybridized carbons (Fsp3) is 0.462. The van der Waals surface area contributed by atoms with Crippen molar-refractivity contribution in [3.05, 3.63) is 24.3 Å². The van der Waals surface area contributed by atoms with Gasteiger partial charge in [0.25, 0.3) is 0 Å². The molecule has 0 atom stereocenters. The minimum atomic E-state index is -0.820. The van der Waals surface area contributed by atoms with Gasteiger partial charge in [-0.1, -0.05) is 12.1 Å². The summed E-state index contributed by atoms with van der Waals surface area (Å²) < 4.78 is 5.45. The Bertz CT molecular complexity index is 388. The van der Waals surface area contributed by atoms with Crippen LogP contribution in [0.2, 0.25) is 0 Å². The number of aliphatic carboxylic acids is 1. The van der Waals surface area contributed by atoms with E-state index in [-0.39, 0.29) is 0 Å². The van der Waals surface area contributed by atoms with Crippen LogP contribution >= 0.6 is 0 Å². The van der Waals surface area contributed by atoms with Crippen molar-refractivity contribution in [2.45, 2.75) is 20.8 Å². The molecule has 0 aliphatic carbocycles. The van der Waals surface area contributed by atoms with E-state index < -0.39 is 11.4 Å². The predicted molar refractivity (Wildman–Crippen MR) is 67.5 cm³/mol. The number of carboxylic acids is 1. The number of carboxylic acid groups (broad SMARTS) is 1. The van der Waals surface area contributed by atoms with Crippen LogP contribution in [0.1, 0.15) is 20.8 Å². The second kappa shape index (κ2) is 5.57. The van der Waals surface area contributed by atoms with E-state index in [1.54, 1.807) is 13.8 Å². The van der Waals surface area contributed by atoms with Gasteiger partial charge < -0.3 is 15.2 Å². The van der Waals surface area contributed by atoms with Crippen LogP contribution < -0.4 is 10.1 Å². The Kier molecular flexibility index (Phi) is 4.37. The van der Waals surface area contributed by atoms with Crippen LogP contribution in [0.3, 0.4) is 0 Å². The average Bonchev–Trinajstić information content (AvgIpc) is 2.28. The highest BCUT2D eigenvalue weighted by molar-refractivity contribution is 5.74. The molecular weight excluding hydrogens is 218 g/mol. The van der Waals surface area contributed by atoms with Crippen molar-refractivity contribution >= 4 is 11.7 Å². The molecule has 0 fully saturated rings. The highest BCUT2D eigenvalue weighted by atomic mass is 16.5. The summed E-state index contributed by atoms with van der Waals surface area (Å²) in [4.78, 5) is 11.0. The third-order valence-electron chi connectivity index (χ3n) is 2.49. The van der Waals surface area contributed by atoms with Gasteiger partial charge in [0.15, 0.2) is 0 Å². The third kappa shape index (κ3) is 3.66. The highest BCUT2D eigenvalue weighted by Crippen LogP contribution is 2.25. The summed E-state index contributed by atoms with van der Waals surface area (Å²) in [5, 5.41) is 12.1. The predicted octanol–water partition coefficient (Wildman–Crippen LogP) is 2.61. The summed E-state index contributed by atoms with van der Waals surface area (Å²) in [6.45, 7) is 6.22. The van der Waals surface area contributed by atoms with Crippen LogP contribution in [-0.2, 0) is 4.79 Å². The number of hydrogen-bond acceptors (Lipinski definition) is 3. The summed E-state index contributed by atoms with van der Waals surface area (Å²) in [7, 11) is 0. The SMILES string of the molecule is CCOc1ccccc1NCC(C)(C)C(=O)O. The quantitative estimate of drug-likeness (QED) is 0.798. The van der Waals surface area contributed by atoms with Crippen LogP contribution in [-0.4, -0.2) is 24.2 Å². The molecule has 0 aromatic heterocycles. The van der Waals surface area contributed by atoms with Crippen LogP contribution in [0.4, 0.5) is 5.69 Å². The second-order valence-corrected chi connectivity index (χ2v) is 4.47. The molecule has 0 saturated carbocycles. The third-order valence-corrected chi connectivity index (χ3v) is 2.49. The van der Waals surface area contributed by atoms with Gasteiger partial charge >= 0.3 is 5.97 Å². The van der Waals surface area contributed by atoms with Gasteiger partial charge in [-0.05, 0) is 32.9 Å². The first-order chi connectivity index (χ1) is 7.97. The number of carbonyl (C=O) groups is 1. The molecule has 0 heterocycles. The van der Waals surface area contributed by atoms with E-state index in [4.69, 9.17) is 9.84 Å². The van der Waals surface area contributed by atoms with E-state index in [9.17, 15) is 4.79 Å². The Labute approximate surface area is 102 Å². The molecule has 1 aromatic carbocycles. The Morgan fingerprint density at radius 3 is 2.65 bits per heavy atom. The summed E-state index contributed by atoms with van der Waals surface area (Å²) in [5.74, 6) is -0.0740. The van der Waals surface area contributed by atoms with Gasteiger partial charge in [0, 0.05) is 6.54 Å². The normalized spacial score (nSPS) is 11.0. The van der Waals surface area contributed by atoms with Gasteiger partial charge in [-0.15, -0.1) is 0 Å². The molecule has 0 radical (unpaired) electrons. The molecule has 0 saturated heterocycles. The van der Waals surface area contributed by atoms with Gasteiger partial charge in [-0.25, -0.2) is 0 Å². The van der Waals surface area contributed by atoms with Crippen molar-refractivity contribution < 1.29 is 14.6 Å². The van der Waals surface area contributed by atoms with Gasteiger partial charge in [0.1, 0.15) is 5.75 Å². The minimum Gasteiger partial charge on any atom is -0.492 e. The first-order valence-corrected chi connectivity index (χ1v) is 5.66. The van der Waals surface area contributed by atoms with E-state index in [0.29, 0.717) is 13.2 Å². The minimum absolute atomic E-state index is 0.354. The van der Waals surface area contributed by atoms with E-state index >= 15 is 0 Å². The Morgan fingerprint density at radius 2 is 2.06 bits per heavy atom. The average molecular weight is 237 g/mol. The molecule has 1 aromatic rings. The van der Waals surface area contributed by atoms with Gasteiger partial charge in [0.05, 0.1) is 17.7 Å². The largest absolute Gasteiger partial charge is 0.492 e. The zero-order chi connectivity index (χ0) is 12.9. The first-order valence-electron chi connectivity index (χ1n) is 5.66. The standard InChI is InChI=1S/C13H19NO3/c1-4-17-11-8-6-5-7-10(11)14-9-13(2,3)12(15)16/h5-8,14H,4,9H2,1-3H3,(H,15,16). The molecule has 1 rings (SSSR count). The van der Waals surface area contributed by atoms with Crippen LogP contribution in [0.15, 0.2) is 24.3 Å². The molecule has 0 spiro atoms.